The van der Waals surface area contributed by atoms with Crippen LogP contribution in [0.3, 0.4) is 0 Å². The topological polar surface area (TPSA) is 57.4 Å². The predicted octanol–water partition coefficient (Wildman–Crippen LogP) is 2.44. The molecule has 18 heavy (non-hydrogen) atoms. The van der Waals surface area contributed by atoms with Gasteiger partial charge < -0.3 is 15.2 Å². The van der Waals surface area contributed by atoms with Gasteiger partial charge in [-0.3, -0.25) is 0 Å². The van der Waals surface area contributed by atoms with E-state index in [0.717, 1.165) is 31.2 Å². The van der Waals surface area contributed by atoms with Gasteiger partial charge in [0.1, 0.15) is 6.10 Å². The highest BCUT2D eigenvalue weighted by atomic mass is 16.5. The molecule has 3 atom stereocenters. The Kier molecular flexibility index (Phi) is 4.55. The van der Waals surface area contributed by atoms with Crippen LogP contribution in [-0.4, -0.2) is 24.3 Å². The van der Waals surface area contributed by atoms with Crippen LogP contribution in [0.1, 0.15) is 44.2 Å². The average molecular weight is 250 g/mol. The summed E-state index contributed by atoms with van der Waals surface area (Å²) in [4.78, 5) is 4.30. The van der Waals surface area contributed by atoms with Crippen molar-refractivity contribution in [2.24, 2.45) is 5.73 Å². The molecule has 1 aliphatic carbocycles. The Balaban J connectivity index is 1.92. The van der Waals surface area contributed by atoms with Crippen LogP contribution >= 0.6 is 0 Å². The number of methoxy groups -OCH3 is 1. The molecule has 1 saturated carbocycles. The zero-order valence-corrected chi connectivity index (χ0v) is 11.1. The van der Waals surface area contributed by atoms with E-state index in [1.807, 2.05) is 19.1 Å². The SMILES string of the molecule is COC1CCCC(Oc2ccc(C(C)N)cn2)C1. The fourth-order valence-electron chi connectivity index (χ4n) is 2.32. The zero-order chi connectivity index (χ0) is 13.0. The Labute approximate surface area is 108 Å². The first-order valence-electron chi connectivity index (χ1n) is 6.60. The van der Waals surface area contributed by atoms with E-state index in [0.29, 0.717) is 12.0 Å². The van der Waals surface area contributed by atoms with Crippen LogP contribution in [0.25, 0.3) is 0 Å². The second kappa shape index (κ2) is 6.16. The summed E-state index contributed by atoms with van der Waals surface area (Å²) in [6.45, 7) is 1.95. The van der Waals surface area contributed by atoms with Gasteiger partial charge in [0.25, 0.3) is 0 Å². The quantitative estimate of drug-likeness (QED) is 0.891. The monoisotopic (exact) mass is 250 g/mol. The lowest BCUT2D eigenvalue weighted by Gasteiger charge is -2.28. The molecular formula is C14H22N2O2. The van der Waals surface area contributed by atoms with Crippen LogP contribution in [0.2, 0.25) is 0 Å². The highest BCUT2D eigenvalue weighted by Crippen LogP contribution is 2.24. The van der Waals surface area contributed by atoms with Crippen LogP contribution in [0.15, 0.2) is 18.3 Å². The minimum absolute atomic E-state index is 0.0131. The van der Waals surface area contributed by atoms with E-state index in [1.165, 1.54) is 0 Å². The van der Waals surface area contributed by atoms with E-state index in [4.69, 9.17) is 15.2 Å². The molecule has 4 nitrogen and oxygen atoms in total. The van der Waals surface area contributed by atoms with Gasteiger partial charge in [-0.15, -0.1) is 0 Å². The molecule has 1 heterocycles. The molecule has 1 fully saturated rings. The summed E-state index contributed by atoms with van der Waals surface area (Å²) in [5, 5.41) is 0. The van der Waals surface area contributed by atoms with Gasteiger partial charge in [0.05, 0.1) is 6.10 Å². The molecule has 1 aliphatic rings. The molecule has 0 aromatic carbocycles. The van der Waals surface area contributed by atoms with E-state index in [-0.39, 0.29) is 12.1 Å². The number of hydrogen-bond donors (Lipinski definition) is 1. The fourth-order valence-corrected chi connectivity index (χ4v) is 2.32. The second-order valence-electron chi connectivity index (χ2n) is 4.98. The van der Waals surface area contributed by atoms with Gasteiger partial charge in [-0.2, -0.15) is 0 Å². The molecule has 2 N–H and O–H groups in total. The maximum atomic E-state index is 5.89. The summed E-state index contributed by atoms with van der Waals surface area (Å²) < 4.78 is 11.3. The lowest BCUT2D eigenvalue weighted by molar-refractivity contribution is 0.0195. The summed E-state index contributed by atoms with van der Waals surface area (Å²) in [5.74, 6) is 0.682. The number of pyridine rings is 1. The van der Waals surface area contributed by atoms with Gasteiger partial charge in [-0.1, -0.05) is 6.07 Å². The fraction of sp³-hybridized carbons (Fsp3) is 0.643. The third-order valence-electron chi connectivity index (χ3n) is 3.48. The first kappa shape index (κ1) is 13.3. The van der Waals surface area contributed by atoms with Gasteiger partial charge in [-0.25, -0.2) is 4.98 Å². The highest BCUT2D eigenvalue weighted by molar-refractivity contribution is 5.20. The Hall–Kier alpha value is -1.13. The highest BCUT2D eigenvalue weighted by Gasteiger charge is 2.23. The lowest BCUT2D eigenvalue weighted by atomic mass is 9.95. The normalized spacial score (nSPS) is 25.7. The molecule has 0 spiro atoms. The number of nitrogens with two attached hydrogens (primary N) is 1. The van der Waals surface area contributed by atoms with Gasteiger partial charge in [0, 0.05) is 31.8 Å². The molecule has 3 unspecified atom stereocenters. The molecule has 100 valence electrons. The van der Waals surface area contributed by atoms with E-state index in [1.54, 1.807) is 13.3 Å². The average Bonchev–Trinajstić information content (AvgIpc) is 2.39. The smallest absolute Gasteiger partial charge is 0.213 e. The van der Waals surface area contributed by atoms with Crippen molar-refractivity contribution in [1.29, 1.82) is 0 Å². The predicted molar refractivity (Wildman–Crippen MR) is 70.5 cm³/mol. The first-order chi connectivity index (χ1) is 8.69. The van der Waals surface area contributed by atoms with Gasteiger partial charge in [0.15, 0.2) is 0 Å². The molecule has 2 rings (SSSR count). The first-order valence-corrected chi connectivity index (χ1v) is 6.60. The standard InChI is InChI=1S/C14H22N2O2/c1-10(15)11-6-7-14(16-9-11)18-13-5-3-4-12(8-13)17-2/h6-7,9-10,12-13H,3-5,8,15H2,1-2H3. The molecule has 0 saturated heterocycles. The van der Waals surface area contributed by atoms with Crippen molar-refractivity contribution in [2.45, 2.75) is 50.9 Å². The van der Waals surface area contributed by atoms with Gasteiger partial charge >= 0.3 is 0 Å². The van der Waals surface area contributed by atoms with Crippen molar-refractivity contribution in [1.82, 2.24) is 4.98 Å². The minimum Gasteiger partial charge on any atom is -0.474 e. The second-order valence-corrected chi connectivity index (χ2v) is 4.98. The summed E-state index contributed by atoms with van der Waals surface area (Å²) >= 11 is 0. The Bertz CT molecular complexity index is 365. The third kappa shape index (κ3) is 3.43. The lowest BCUT2D eigenvalue weighted by Crippen LogP contribution is -2.29. The van der Waals surface area contributed by atoms with Crippen LogP contribution in [0.5, 0.6) is 5.88 Å². The number of ether oxygens (including phenoxy) is 2. The van der Waals surface area contributed by atoms with Crippen molar-refractivity contribution in [2.75, 3.05) is 7.11 Å². The number of rotatable bonds is 4. The number of hydrogen-bond acceptors (Lipinski definition) is 4. The largest absolute Gasteiger partial charge is 0.474 e. The summed E-state index contributed by atoms with van der Waals surface area (Å²) in [6, 6.07) is 3.89. The maximum absolute atomic E-state index is 5.89. The van der Waals surface area contributed by atoms with Crippen LogP contribution in [0.4, 0.5) is 0 Å². The Morgan fingerprint density at radius 3 is 2.72 bits per heavy atom. The van der Waals surface area contributed by atoms with Crippen molar-refractivity contribution >= 4 is 0 Å². The Morgan fingerprint density at radius 2 is 2.11 bits per heavy atom. The van der Waals surface area contributed by atoms with E-state index < -0.39 is 0 Å². The van der Waals surface area contributed by atoms with E-state index in [9.17, 15) is 0 Å². The van der Waals surface area contributed by atoms with Crippen LogP contribution in [-0.2, 0) is 4.74 Å². The molecule has 0 aliphatic heterocycles. The van der Waals surface area contributed by atoms with Gasteiger partial charge in [-0.05, 0) is 31.7 Å². The zero-order valence-electron chi connectivity index (χ0n) is 11.1. The summed E-state index contributed by atoms with van der Waals surface area (Å²) in [6.07, 6.45) is 6.65. The molecular weight excluding hydrogens is 228 g/mol. The summed E-state index contributed by atoms with van der Waals surface area (Å²) in [5.41, 5.74) is 6.82. The van der Waals surface area contributed by atoms with Gasteiger partial charge in [0.2, 0.25) is 5.88 Å². The van der Waals surface area contributed by atoms with Crippen LogP contribution < -0.4 is 10.5 Å². The Morgan fingerprint density at radius 1 is 1.33 bits per heavy atom. The number of nitrogens with zero attached hydrogens (tertiary/aromatic N) is 1. The van der Waals surface area contributed by atoms with E-state index in [2.05, 4.69) is 4.98 Å². The number of aromatic nitrogens is 1. The maximum Gasteiger partial charge on any atom is 0.213 e. The minimum atomic E-state index is 0.0131. The summed E-state index contributed by atoms with van der Waals surface area (Å²) in [7, 11) is 1.77. The molecule has 1 aromatic heterocycles. The molecule has 1 aromatic rings. The van der Waals surface area contributed by atoms with E-state index >= 15 is 0 Å². The van der Waals surface area contributed by atoms with Crippen molar-refractivity contribution in [3.05, 3.63) is 23.9 Å². The van der Waals surface area contributed by atoms with Crippen LogP contribution in [0, 0.1) is 0 Å². The molecule has 0 bridgehead atoms. The molecule has 0 amide bonds. The molecule has 4 heteroatoms. The van der Waals surface area contributed by atoms with Crippen molar-refractivity contribution in [3.8, 4) is 5.88 Å². The van der Waals surface area contributed by atoms with Crippen molar-refractivity contribution in [3.63, 3.8) is 0 Å². The van der Waals surface area contributed by atoms with Crippen molar-refractivity contribution < 1.29 is 9.47 Å². The third-order valence-corrected chi connectivity index (χ3v) is 3.48. The molecule has 0 radical (unpaired) electrons.